The Labute approximate surface area is 112 Å². The van der Waals surface area contributed by atoms with E-state index in [-0.39, 0.29) is 0 Å². The van der Waals surface area contributed by atoms with E-state index < -0.39 is 11.9 Å². The molecule has 0 saturated carbocycles. The molecule has 0 radical (unpaired) electrons. The van der Waals surface area contributed by atoms with E-state index in [2.05, 4.69) is 0 Å². The SMILES string of the molecule is COc1cc(C)c(CCN(C)C(=O)C(=O)O)cc1C. The molecule has 19 heavy (non-hydrogen) atoms. The van der Waals surface area contributed by atoms with E-state index in [0.717, 1.165) is 22.4 Å². The molecule has 0 spiro atoms. The van der Waals surface area contributed by atoms with Gasteiger partial charge in [0.25, 0.3) is 0 Å². The second-order valence-corrected chi connectivity index (χ2v) is 4.53. The van der Waals surface area contributed by atoms with Crippen molar-refractivity contribution in [2.45, 2.75) is 20.3 Å². The first-order chi connectivity index (χ1) is 8.86. The van der Waals surface area contributed by atoms with Crippen molar-refractivity contribution in [2.24, 2.45) is 0 Å². The van der Waals surface area contributed by atoms with Crippen molar-refractivity contribution in [1.29, 1.82) is 0 Å². The number of carbonyl (C=O) groups excluding carboxylic acids is 1. The molecule has 0 saturated heterocycles. The van der Waals surface area contributed by atoms with Crippen molar-refractivity contribution in [1.82, 2.24) is 4.90 Å². The van der Waals surface area contributed by atoms with Gasteiger partial charge in [-0.1, -0.05) is 6.07 Å². The number of benzene rings is 1. The first kappa shape index (κ1) is 15.0. The molecule has 1 aromatic rings. The van der Waals surface area contributed by atoms with Gasteiger partial charge < -0.3 is 14.7 Å². The van der Waals surface area contributed by atoms with Crippen LogP contribution in [0.25, 0.3) is 0 Å². The van der Waals surface area contributed by atoms with Gasteiger partial charge >= 0.3 is 11.9 Å². The molecular weight excluding hydrogens is 246 g/mol. The Kier molecular flexibility index (Phi) is 4.92. The van der Waals surface area contributed by atoms with E-state index in [1.807, 2.05) is 26.0 Å². The number of aliphatic carboxylic acids is 1. The van der Waals surface area contributed by atoms with Gasteiger partial charge in [-0.15, -0.1) is 0 Å². The van der Waals surface area contributed by atoms with Crippen molar-refractivity contribution < 1.29 is 19.4 Å². The van der Waals surface area contributed by atoms with Crippen LogP contribution in [0.3, 0.4) is 0 Å². The van der Waals surface area contributed by atoms with Crippen molar-refractivity contribution in [2.75, 3.05) is 20.7 Å². The van der Waals surface area contributed by atoms with E-state index in [1.54, 1.807) is 7.11 Å². The Morgan fingerprint density at radius 3 is 2.42 bits per heavy atom. The maximum Gasteiger partial charge on any atom is 0.394 e. The zero-order valence-corrected chi connectivity index (χ0v) is 11.7. The summed E-state index contributed by atoms with van der Waals surface area (Å²) in [6.07, 6.45) is 0.617. The average Bonchev–Trinajstić information content (AvgIpc) is 2.37. The van der Waals surface area contributed by atoms with E-state index >= 15 is 0 Å². The van der Waals surface area contributed by atoms with Crippen LogP contribution in [0, 0.1) is 13.8 Å². The molecule has 0 bridgehead atoms. The lowest BCUT2D eigenvalue weighted by atomic mass is 10.0. The maximum absolute atomic E-state index is 11.2. The number of methoxy groups -OCH3 is 1. The number of carbonyl (C=O) groups is 2. The van der Waals surface area contributed by atoms with Gasteiger partial charge in [0.2, 0.25) is 0 Å². The molecule has 1 amide bonds. The molecule has 104 valence electrons. The van der Waals surface area contributed by atoms with E-state index in [0.29, 0.717) is 13.0 Å². The van der Waals surface area contributed by atoms with Gasteiger partial charge in [0.1, 0.15) is 5.75 Å². The zero-order chi connectivity index (χ0) is 14.6. The number of nitrogens with zero attached hydrogens (tertiary/aromatic N) is 1. The van der Waals surface area contributed by atoms with Crippen LogP contribution >= 0.6 is 0 Å². The van der Waals surface area contributed by atoms with E-state index in [9.17, 15) is 9.59 Å². The van der Waals surface area contributed by atoms with Gasteiger partial charge in [-0.25, -0.2) is 4.79 Å². The molecule has 5 heteroatoms. The molecule has 0 fully saturated rings. The Morgan fingerprint density at radius 2 is 1.89 bits per heavy atom. The van der Waals surface area contributed by atoms with Crippen LogP contribution in [0.15, 0.2) is 12.1 Å². The summed E-state index contributed by atoms with van der Waals surface area (Å²) >= 11 is 0. The smallest absolute Gasteiger partial charge is 0.394 e. The van der Waals surface area contributed by atoms with Crippen LogP contribution in [-0.4, -0.2) is 42.6 Å². The molecule has 0 aliphatic heterocycles. The van der Waals surface area contributed by atoms with Crippen LogP contribution in [0.5, 0.6) is 5.75 Å². The molecule has 0 atom stereocenters. The fourth-order valence-corrected chi connectivity index (χ4v) is 1.89. The number of rotatable bonds is 4. The summed E-state index contributed by atoms with van der Waals surface area (Å²) in [5.74, 6) is -1.48. The molecule has 0 aliphatic carbocycles. The third-order valence-corrected chi connectivity index (χ3v) is 3.10. The maximum atomic E-state index is 11.2. The molecule has 0 heterocycles. The summed E-state index contributed by atoms with van der Waals surface area (Å²) in [6, 6.07) is 3.96. The van der Waals surface area contributed by atoms with Crippen molar-refractivity contribution in [3.63, 3.8) is 0 Å². The van der Waals surface area contributed by atoms with Crippen LogP contribution in [0.1, 0.15) is 16.7 Å². The highest BCUT2D eigenvalue weighted by molar-refractivity contribution is 6.31. The highest BCUT2D eigenvalue weighted by atomic mass is 16.5. The van der Waals surface area contributed by atoms with Gasteiger partial charge in [0.05, 0.1) is 7.11 Å². The lowest BCUT2D eigenvalue weighted by Gasteiger charge is -2.16. The minimum Gasteiger partial charge on any atom is -0.496 e. The van der Waals surface area contributed by atoms with Crippen molar-refractivity contribution >= 4 is 11.9 Å². The lowest BCUT2D eigenvalue weighted by molar-refractivity contribution is -0.155. The fraction of sp³-hybridized carbons (Fsp3) is 0.429. The second kappa shape index (κ2) is 6.22. The summed E-state index contributed by atoms with van der Waals surface area (Å²) in [5, 5.41) is 8.61. The summed E-state index contributed by atoms with van der Waals surface area (Å²) in [4.78, 5) is 23.0. The molecular formula is C14H19NO4. The van der Waals surface area contributed by atoms with Crippen molar-refractivity contribution in [3.05, 3.63) is 28.8 Å². The van der Waals surface area contributed by atoms with Gasteiger partial charge in [0, 0.05) is 13.6 Å². The molecule has 1 N–H and O–H groups in total. The Morgan fingerprint density at radius 1 is 1.26 bits per heavy atom. The first-order valence-electron chi connectivity index (χ1n) is 5.99. The van der Waals surface area contributed by atoms with Crippen LogP contribution in [0.4, 0.5) is 0 Å². The zero-order valence-electron chi connectivity index (χ0n) is 11.7. The van der Waals surface area contributed by atoms with Crippen LogP contribution in [-0.2, 0) is 16.0 Å². The Balaban J connectivity index is 2.76. The highest BCUT2D eigenvalue weighted by Gasteiger charge is 2.17. The largest absolute Gasteiger partial charge is 0.496 e. The standard InChI is InChI=1S/C14H19NO4/c1-9-8-12(19-4)10(2)7-11(9)5-6-15(3)13(16)14(17)18/h7-8H,5-6H2,1-4H3,(H,17,18). The van der Waals surface area contributed by atoms with Gasteiger partial charge in [-0.3, -0.25) is 4.79 Å². The van der Waals surface area contributed by atoms with Gasteiger partial charge in [-0.2, -0.15) is 0 Å². The van der Waals surface area contributed by atoms with Crippen LogP contribution < -0.4 is 4.74 Å². The number of likely N-dealkylation sites (N-methyl/N-ethyl adjacent to an activating group) is 1. The minimum atomic E-state index is -1.43. The molecule has 5 nitrogen and oxygen atoms in total. The number of carboxylic acids is 1. The average molecular weight is 265 g/mol. The minimum absolute atomic E-state index is 0.373. The molecule has 0 aliphatic rings. The predicted octanol–water partition coefficient (Wildman–Crippen LogP) is 1.40. The third kappa shape index (κ3) is 3.71. The molecule has 1 aromatic carbocycles. The van der Waals surface area contributed by atoms with E-state index in [4.69, 9.17) is 9.84 Å². The summed E-state index contributed by atoms with van der Waals surface area (Å²) in [5.41, 5.74) is 3.18. The first-order valence-corrected chi connectivity index (χ1v) is 5.99. The predicted molar refractivity (Wildman–Crippen MR) is 71.4 cm³/mol. The van der Waals surface area contributed by atoms with Gasteiger partial charge in [-0.05, 0) is 43.0 Å². The lowest BCUT2D eigenvalue weighted by Crippen LogP contribution is -2.34. The number of hydrogen-bond donors (Lipinski definition) is 1. The Bertz CT molecular complexity index is 496. The Hall–Kier alpha value is -2.04. The number of carboxylic acid groups (broad SMARTS) is 1. The topological polar surface area (TPSA) is 66.8 Å². The second-order valence-electron chi connectivity index (χ2n) is 4.53. The number of ether oxygens (including phenoxy) is 1. The molecule has 0 unspecified atom stereocenters. The highest BCUT2D eigenvalue weighted by Crippen LogP contribution is 2.22. The number of aryl methyl sites for hydroxylation is 2. The quantitative estimate of drug-likeness (QED) is 0.836. The fourth-order valence-electron chi connectivity index (χ4n) is 1.89. The normalized spacial score (nSPS) is 10.1. The van der Waals surface area contributed by atoms with E-state index in [1.165, 1.54) is 11.9 Å². The molecule has 1 rings (SSSR count). The monoisotopic (exact) mass is 265 g/mol. The number of amides is 1. The third-order valence-electron chi connectivity index (χ3n) is 3.10. The summed E-state index contributed by atoms with van der Waals surface area (Å²) < 4.78 is 5.23. The van der Waals surface area contributed by atoms with Crippen molar-refractivity contribution in [3.8, 4) is 5.75 Å². The molecule has 0 aromatic heterocycles. The summed E-state index contributed by atoms with van der Waals surface area (Å²) in [6.45, 7) is 4.29. The number of hydrogen-bond acceptors (Lipinski definition) is 3. The summed E-state index contributed by atoms with van der Waals surface area (Å²) in [7, 11) is 3.11. The van der Waals surface area contributed by atoms with Gasteiger partial charge in [0.15, 0.2) is 0 Å². The van der Waals surface area contributed by atoms with Crippen LogP contribution in [0.2, 0.25) is 0 Å².